The van der Waals surface area contributed by atoms with Gasteiger partial charge in [-0.2, -0.15) is 10.0 Å². The number of amidine groups is 3. The van der Waals surface area contributed by atoms with E-state index in [9.17, 15) is 4.79 Å². The monoisotopic (exact) mass is 478 g/mol. The van der Waals surface area contributed by atoms with E-state index in [2.05, 4.69) is 15.0 Å². The second-order valence-corrected chi connectivity index (χ2v) is 9.01. The van der Waals surface area contributed by atoms with Crippen molar-refractivity contribution >= 4 is 39.9 Å². The maximum Gasteiger partial charge on any atom is 0.283 e. The zero-order chi connectivity index (χ0) is 23.5. The molecule has 4 heterocycles. The van der Waals surface area contributed by atoms with Crippen molar-refractivity contribution in [3.63, 3.8) is 0 Å². The molecular weight excluding hydrogens is 452 g/mol. The van der Waals surface area contributed by atoms with Crippen molar-refractivity contribution in [1.82, 2.24) is 14.5 Å². The molecule has 176 valence electrons. The summed E-state index contributed by atoms with van der Waals surface area (Å²) in [5.74, 6) is 1.07. The number of amides is 1. The van der Waals surface area contributed by atoms with Crippen LogP contribution in [0.15, 0.2) is 58.3 Å². The number of hydrogen-bond donors (Lipinski definition) is 1. The van der Waals surface area contributed by atoms with Crippen LogP contribution in [0, 0.1) is 5.41 Å². The highest BCUT2D eigenvalue weighted by atomic mass is 32.2. The number of thioether (sulfide) groups is 1. The predicted molar refractivity (Wildman–Crippen MR) is 133 cm³/mol. The Morgan fingerprint density at radius 3 is 2.71 bits per heavy atom. The lowest BCUT2D eigenvalue weighted by atomic mass is 10.1. The third kappa shape index (κ3) is 4.45. The Labute approximate surface area is 202 Å². The molecule has 1 aromatic carbocycles. The van der Waals surface area contributed by atoms with E-state index in [-0.39, 0.29) is 11.4 Å². The Morgan fingerprint density at radius 1 is 1.12 bits per heavy atom. The fourth-order valence-electron chi connectivity index (χ4n) is 4.08. The number of ether oxygens (including phenoxy) is 2. The van der Waals surface area contributed by atoms with Gasteiger partial charge in [-0.25, -0.2) is 0 Å². The van der Waals surface area contributed by atoms with Crippen LogP contribution in [-0.4, -0.2) is 63.4 Å². The van der Waals surface area contributed by atoms with E-state index in [1.807, 2.05) is 47.2 Å². The predicted octanol–water partition coefficient (Wildman–Crippen LogP) is 3.64. The van der Waals surface area contributed by atoms with Gasteiger partial charge in [0.05, 0.1) is 19.3 Å². The van der Waals surface area contributed by atoms with Crippen LogP contribution in [-0.2, 0) is 11.3 Å². The van der Waals surface area contributed by atoms with E-state index in [0.29, 0.717) is 29.8 Å². The smallest absolute Gasteiger partial charge is 0.283 e. The minimum absolute atomic E-state index is 0.0592. The minimum Gasteiger partial charge on any atom is -0.493 e. The second kappa shape index (κ2) is 9.76. The molecule has 0 aliphatic carbocycles. The molecule has 34 heavy (non-hydrogen) atoms. The van der Waals surface area contributed by atoms with Crippen molar-refractivity contribution in [1.29, 1.82) is 5.41 Å². The zero-order valence-corrected chi connectivity index (χ0v) is 19.8. The number of likely N-dealkylation sites (tertiary alicyclic amines) is 1. The molecule has 0 bridgehead atoms. The number of aryl methyl sites for hydroxylation is 1. The van der Waals surface area contributed by atoms with Gasteiger partial charge in [-0.1, -0.05) is 12.1 Å². The van der Waals surface area contributed by atoms with Gasteiger partial charge in [-0.15, -0.1) is 5.10 Å². The first-order valence-electron chi connectivity index (χ1n) is 11.3. The van der Waals surface area contributed by atoms with Gasteiger partial charge in [0.25, 0.3) is 5.91 Å². The van der Waals surface area contributed by atoms with Crippen LogP contribution in [0.1, 0.15) is 25.0 Å². The summed E-state index contributed by atoms with van der Waals surface area (Å²) in [6.45, 7) is 3.13. The van der Waals surface area contributed by atoms with Crippen LogP contribution in [0.4, 0.5) is 0 Å². The number of nitrogens with one attached hydrogen (secondary N) is 1. The normalized spacial score (nSPS) is 18.9. The Balaban J connectivity index is 1.25. The SMILES string of the molecule is COc1ccccc1OCCCn1cccc1/C=C1/C(=N)N2N=C(N3CCCC3)SC2=NC1=O. The number of rotatable bonds is 7. The van der Waals surface area contributed by atoms with E-state index in [0.717, 1.165) is 43.2 Å². The van der Waals surface area contributed by atoms with Crippen LogP contribution >= 0.6 is 11.8 Å². The number of para-hydroxylation sites is 2. The summed E-state index contributed by atoms with van der Waals surface area (Å²) in [5, 5.41) is 15.9. The number of aliphatic imine (C=N–C) groups is 1. The van der Waals surface area contributed by atoms with E-state index < -0.39 is 5.91 Å². The van der Waals surface area contributed by atoms with Crippen LogP contribution in [0.2, 0.25) is 0 Å². The van der Waals surface area contributed by atoms with Gasteiger partial charge in [0.1, 0.15) is 0 Å². The standard InChI is InChI=1S/C24H26N6O3S/c1-32-19-9-2-3-10-20(19)33-15-7-14-28-13-6-8-17(28)16-18-21(25)30-23(26-22(18)31)34-24(27-30)29-11-4-5-12-29/h2-3,6,8-10,13,16,25H,4-5,7,11-12,14-15H2,1H3/b18-16-,25-21?. The second-order valence-electron chi connectivity index (χ2n) is 8.08. The summed E-state index contributed by atoms with van der Waals surface area (Å²) in [7, 11) is 1.62. The molecule has 2 aromatic rings. The van der Waals surface area contributed by atoms with Crippen molar-refractivity contribution < 1.29 is 14.3 Å². The molecule has 0 saturated carbocycles. The van der Waals surface area contributed by atoms with Gasteiger partial charge >= 0.3 is 0 Å². The van der Waals surface area contributed by atoms with Crippen molar-refractivity contribution in [3.8, 4) is 11.5 Å². The van der Waals surface area contributed by atoms with E-state index in [4.69, 9.17) is 14.9 Å². The molecule has 10 heteroatoms. The largest absolute Gasteiger partial charge is 0.493 e. The van der Waals surface area contributed by atoms with Crippen molar-refractivity contribution in [2.24, 2.45) is 10.1 Å². The summed E-state index contributed by atoms with van der Waals surface area (Å²) in [6.07, 6.45) is 6.71. The third-order valence-corrected chi connectivity index (χ3v) is 6.82. The van der Waals surface area contributed by atoms with Gasteiger partial charge in [-0.05, 0) is 61.4 Å². The summed E-state index contributed by atoms with van der Waals surface area (Å²) >= 11 is 1.36. The first-order chi connectivity index (χ1) is 16.6. The average molecular weight is 479 g/mol. The van der Waals surface area contributed by atoms with Crippen LogP contribution < -0.4 is 9.47 Å². The van der Waals surface area contributed by atoms with Gasteiger partial charge < -0.3 is 18.9 Å². The molecule has 0 spiro atoms. The molecule has 3 aliphatic heterocycles. The minimum atomic E-state index is -0.408. The van der Waals surface area contributed by atoms with E-state index >= 15 is 0 Å². The maximum atomic E-state index is 12.7. The lowest BCUT2D eigenvalue weighted by Crippen LogP contribution is -2.35. The zero-order valence-electron chi connectivity index (χ0n) is 18.9. The van der Waals surface area contributed by atoms with E-state index in [1.165, 1.54) is 16.8 Å². The van der Waals surface area contributed by atoms with E-state index in [1.54, 1.807) is 13.2 Å². The number of aromatic nitrogens is 1. The number of fused-ring (bicyclic) bond motifs is 1. The van der Waals surface area contributed by atoms with Crippen molar-refractivity contribution in [2.45, 2.75) is 25.8 Å². The van der Waals surface area contributed by atoms with Crippen molar-refractivity contribution in [3.05, 3.63) is 53.9 Å². The molecule has 0 atom stereocenters. The van der Waals surface area contributed by atoms with Crippen molar-refractivity contribution in [2.75, 3.05) is 26.8 Å². The lowest BCUT2D eigenvalue weighted by Gasteiger charge is -2.20. The molecule has 1 saturated heterocycles. The van der Waals surface area contributed by atoms with Crippen LogP contribution in [0.5, 0.6) is 11.5 Å². The highest BCUT2D eigenvalue weighted by Gasteiger charge is 2.37. The first-order valence-corrected chi connectivity index (χ1v) is 12.1. The topological polar surface area (TPSA) is 95.5 Å². The molecule has 3 aliphatic rings. The number of carbonyl (C=O) groups excluding carboxylic acids is 1. The quantitative estimate of drug-likeness (QED) is 0.482. The average Bonchev–Trinajstić information content (AvgIpc) is 3.61. The Bertz CT molecular complexity index is 1190. The fourth-order valence-corrected chi connectivity index (χ4v) is 5.03. The first kappa shape index (κ1) is 22.3. The van der Waals surface area contributed by atoms with Gasteiger partial charge in [0, 0.05) is 31.5 Å². The van der Waals surface area contributed by atoms with Gasteiger partial charge in [0.2, 0.25) is 5.17 Å². The number of carbonyl (C=O) groups is 1. The number of benzene rings is 1. The highest BCUT2D eigenvalue weighted by molar-refractivity contribution is 8.26. The Hall–Kier alpha value is -3.53. The molecule has 0 unspecified atom stereocenters. The Morgan fingerprint density at radius 2 is 1.91 bits per heavy atom. The lowest BCUT2D eigenvalue weighted by molar-refractivity contribution is -0.114. The van der Waals surface area contributed by atoms with Gasteiger partial charge in [-0.3, -0.25) is 10.2 Å². The molecular formula is C24H26N6O3S. The summed E-state index contributed by atoms with van der Waals surface area (Å²) < 4.78 is 13.2. The Kier molecular flexibility index (Phi) is 6.39. The summed E-state index contributed by atoms with van der Waals surface area (Å²) in [5.41, 5.74) is 1.07. The van der Waals surface area contributed by atoms with Crippen LogP contribution in [0.25, 0.3) is 6.08 Å². The summed E-state index contributed by atoms with van der Waals surface area (Å²) in [4.78, 5) is 19.1. The molecule has 1 amide bonds. The number of hydrazone groups is 1. The summed E-state index contributed by atoms with van der Waals surface area (Å²) in [6, 6.07) is 11.4. The molecule has 0 radical (unpaired) electrons. The molecule has 1 aromatic heterocycles. The molecule has 9 nitrogen and oxygen atoms in total. The third-order valence-electron chi connectivity index (χ3n) is 5.85. The maximum absolute atomic E-state index is 12.7. The van der Waals surface area contributed by atoms with Crippen LogP contribution in [0.3, 0.4) is 0 Å². The number of hydrogen-bond acceptors (Lipinski definition) is 7. The molecule has 5 rings (SSSR count). The highest BCUT2D eigenvalue weighted by Crippen LogP contribution is 2.31. The van der Waals surface area contributed by atoms with Gasteiger partial charge in [0.15, 0.2) is 22.5 Å². The molecule has 1 fully saturated rings. The number of nitrogens with zero attached hydrogens (tertiary/aromatic N) is 5. The molecule has 1 N–H and O–H groups in total. The fraction of sp³-hybridized carbons (Fsp3) is 0.333. The number of methoxy groups -OCH3 is 1.